The van der Waals surface area contributed by atoms with Gasteiger partial charge in [-0.05, 0) is 45.2 Å². The molecule has 3 aliphatic rings. The molecule has 8 heteroatoms. The Morgan fingerprint density at radius 1 is 1.21 bits per heavy atom. The lowest BCUT2D eigenvalue weighted by atomic mass is 10.1. The Morgan fingerprint density at radius 3 is 2.46 bits per heavy atom. The highest BCUT2D eigenvalue weighted by Gasteiger charge is 2.55. The lowest BCUT2D eigenvalue weighted by Gasteiger charge is -2.37. The first-order chi connectivity index (χ1) is 13.4. The molecule has 3 heterocycles. The maximum absolute atomic E-state index is 13.5. The normalized spacial score (nSPS) is 29.6. The van der Waals surface area contributed by atoms with Crippen LogP contribution in [-0.4, -0.2) is 62.8 Å². The van der Waals surface area contributed by atoms with Crippen LogP contribution in [0.25, 0.3) is 0 Å². The number of hydrogen-bond donors (Lipinski definition) is 0. The fraction of sp³-hybridized carbons (Fsp3) is 0.500. The van der Waals surface area contributed by atoms with E-state index in [4.69, 9.17) is 4.74 Å². The molecule has 148 valence electrons. The van der Waals surface area contributed by atoms with E-state index in [1.807, 2.05) is 6.92 Å². The molecule has 3 amide bonds. The fourth-order valence-corrected chi connectivity index (χ4v) is 5.81. The lowest BCUT2D eigenvalue weighted by molar-refractivity contribution is -0.156. The summed E-state index contributed by atoms with van der Waals surface area (Å²) in [7, 11) is 0. The number of ether oxygens (including phenoxy) is 1. The molecule has 0 bridgehead atoms. The molecule has 0 spiro atoms. The second kappa shape index (κ2) is 6.92. The fourth-order valence-electron chi connectivity index (χ4n) is 4.36. The number of carbonyl (C=O) groups excluding carboxylic acids is 4. The Hall–Kier alpha value is -2.35. The molecule has 2 saturated heterocycles. The summed E-state index contributed by atoms with van der Waals surface area (Å²) in [4.78, 5) is 53.9. The Balaban J connectivity index is 1.69. The van der Waals surface area contributed by atoms with Gasteiger partial charge in [-0.2, -0.15) is 0 Å². The second-order valence-electron chi connectivity index (χ2n) is 7.40. The number of nitrogens with zero attached hydrogens (tertiary/aromatic N) is 2. The van der Waals surface area contributed by atoms with Gasteiger partial charge >= 0.3 is 5.97 Å². The van der Waals surface area contributed by atoms with Gasteiger partial charge in [0.15, 0.2) is 0 Å². The molecule has 0 radical (unpaired) electrons. The summed E-state index contributed by atoms with van der Waals surface area (Å²) in [6.07, 6.45) is 1.77. The summed E-state index contributed by atoms with van der Waals surface area (Å²) >= 11 is 1.56. The van der Waals surface area contributed by atoms with Crippen LogP contribution in [0.5, 0.6) is 0 Å². The molecule has 0 saturated carbocycles. The van der Waals surface area contributed by atoms with E-state index in [0.29, 0.717) is 36.1 Å². The topological polar surface area (TPSA) is 84.0 Å². The standard InChI is InChI=1S/C20H22N2O5S/c1-3-27-19(26)15-11-28-20(2)10-6-9-14(18(25)22(15)20)21-16(23)12-7-4-5-8-13(12)17(21)24/h4-5,7-8,14-15H,3,6,9-11H2,1-2H3/t14?,15-,20?/m0/s1. The summed E-state index contributed by atoms with van der Waals surface area (Å²) in [5.74, 6) is -1.22. The summed E-state index contributed by atoms with van der Waals surface area (Å²) in [6, 6.07) is 5.02. The highest BCUT2D eigenvalue weighted by atomic mass is 32.2. The first-order valence-electron chi connectivity index (χ1n) is 9.49. The van der Waals surface area contributed by atoms with Crippen LogP contribution in [0.2, 0.25) is 0 Å². The molecular formula is C20H22N2O5S. The number of fused-ring (bicyclic) bond motifs is 2. The van der Waals surface area contributed by atoms with E-state index in [2.05, 4.69) is 0 Å². The van der Waals surface area contributed by atoms with Crippen molar-refractivity contribution in [1.82, 2.24) is 9.80 Å². The Labute approximate surface area is 167 Å². The quantitative estimate of drug-likeness (QED) is 0.568. The molecule has 2 unspecified atom stereocenters. The number of benzene rings is 1. The number of amides is 3. The summed E-state index contributed by atoms with van der Waals surface area (Å²) in [5, 5.41) is 0. The van der Waals surface area contributed by atoms with Crippen LogP contribution in [-0.2, 0) is 14.3 Å². The molecule has 4 rings (SSSR count). The molecule has 3 aliphatic heterocycles. The van der Waals surface area contributed by atoms with E-state index in [0.717, 1.165) is 4.90 Å². The minimum absolute atomic E-state index is 0.237. The zero-order valence-electron chi connectivity index (χ0n) is 15.8. The van der Waals surface area contributed by atoms with E-state index in [1.54, 1.807) is 47.9 Å². The van der Waals surface area contributed by atoms with Gasteiger partial charge in [0.05, 0.1) is 22.6 Å². The lowest BCUT2D eigenvalue weighted by Crippen LogP contribution is -2.57. The Morgan fingerprint density at radius 2 is 1.86 bits per heavy atom. The Bertz CT molecular complexity index is 837. The molecular weight excluding hydrogens is 380 g/mol. The van der Waals surface area contributed by atoms with Crippen molar-refractivity contribution in [2.24, 2.45) is 0 Å². The smallest absolute Gasteiger partial charge is 0.329 e. The van der Waals surface area contributed by atoms with Crippen molar-refractivity contribution in [3.8, 4) is 0 Å². The number of imide groups is 1. The van der Waals surface area contributed by atoms with Crippen LogP contribution in [0, 0.1) is 0 Å². The molecule has 0 N–H and O–H groups in total. The zero-order chi connectivity index (χ0) is 20.1. The largest absolute Gasteiger partial charge is 0.464 e. The van der Waals surface area contributed by atoms with E-state index < -0.39 is 34.7 Å². The van der Waals surface area contributed by atoms with Crippen LogP contribution in [0.1, 0.15) is 53.8 Å². The van der Waals surface area contributed by atoms with Gasteiger partial charge in [-0.25, -0.2) is 4.79 Å². The molecule has 2 fully saturated rings. The maximum atomic E-state index is 13.5. The SMILES string of the molecule is CCOC(=O)[C@@H]1CSC2(C)CCCC(N3C(=O)c4ccccc4C3=O)C(=O)N12. The Kier molecular flexibility index (Phi) is 4.69. The van der Waals surface area contributed by atoms with Gasteiger partial charge in [-0.1, -0.05) is 12.1 Å². The van der Waals surface area contributed by atoms with Gasteiger partial charge in [0.25, 0.3) is 11.8 Å². The first kappa shape index (κ1) is 19.0. The summed E-state index contributed by atoms with van der Waals surface area (Å²) in [6.45, 7) is 3.91. The van der Waals surface area contributed by atoms with E-state index >= 15 is 0 Å². The van der Waals surface area contributed by atoms with Crippen LogP contribution >= 0.6 is 11.8 Å². The number of carbonyl (C=O) groups is 4. The average molecular weight is 402 g/mol. The second-order valence-corrected chi connectivity index (χ2v) is 8.90. The van der Waals surface area contributed by atoms with Gasteiger partial charge in [-0.15, -0.1) is 11.8 Å². The molecule has 0 aromatic heterocycles. The van der Waals surface area contributed by atoms with Crippen LogP contribution in [0.3, 0.4) is 0 Å². The van der Waals surface area contributed by atoms with Gasteiger partial charge in [-0.3, -0.25) is 19.3 Å². The summed E-state index contributed by atoms with van der Waals surface area (Å²) < 4.78 is 5.17. The minimum atomic E-state index is -0.898. The molecule has 28 heavy (non-hydrogen) atoms. The summed E-state index contributed by atoms with van der Waals surface area (Å²) in [5.41, 5.74) is 0.648. The predicted molar refractivity (Wildman–Crippen MR) is 103 cm³/mol. The van der Waals surface area contributed by atoms with Gasteiger partial charge in [0.1, 0.15) is 12.1 Å². The van der Waals surface area contributed by atoms with Crippen LogP contribution in [0.4, 0.5) is 0 Å². The third-order valence-corrected chi connectivity index (χ3v) is 7.22. The zero-order valence-corrected chi connectivity index (χ0v) is 16.7. The minimum Gasteiger partial charge on any atom is -0.464 e. The van der Waals surface area contributed by atoms with Crippen LogP contribution in [0.15, 0.2) is 24.3 Å². The van der Waals surface area contributed by atoms with Crippen molar-refractivity contribution in [2.75, 3.05) is 12.4 Å². The van der Waals surface area contributed by atoms with Crippen molar-refractivity contribution >= 4 is 35.5 Å². The number of thioether (sulfide) groups is 1. The monoisotopic (exact) mass is 402 g/mol. The molecule has 1 aromatic carbocycles. The van der Waals surface area contributed by atoms with Crippen molar-refractivity contribution < 1.29 is 23.9 Å². The third kappa shape index (κ3) is 2.73. The van der Waals surface area contributed by atoms with E-state index in [1.165, 1.54) is 0 Å². The van der Waals surface area contributed by atoms with Gasteiger partial charge < -0.3 is 9.64 Å². The van der Waals surface area contributed by atoms with E-state index in [-0.39, 0.29) is 12.5 Å². The van der Waals surface area contributed by atoms with Crippen LogP contribution < -0.4 is 0 Å². The van der Waals surface area contributed by atoms with Gasteiger partial charge in [0, 0.05) is 5.75 Å². The average Bonchev–Trinajstić information content (AvgIpc) is 3.10. The first-order valence-corrected chi connectivity index (χ1v) is 10.5. The maximum Gasteiger partial charge on any atom is 0.329 e. The van der Waals surface area contributed by atoms with Crippen molar-refractivity contribution in [3.05, 3.63) is 35.4 Å². The van der Waals surface area contributed by atoms with Gasteiger partial charge in [0.2, 0.25) is 5.91 Å². The number of rotatable bonds is 3. The molecule has 1 aromatic rings. The van der Waals surface area contributed by atoms with Crippen molar-refractivity contribution in [1.29, 1.82) is 0 Å². The predicted octanol–water partition coefficient (Wildman–Crippen LogP) is 2.06. The van der Waals surface area contributed by atoms with Crippen molar-refractivity contribution in [2.45, 2.75) is 50.1 Å². The highest BCUT2D eigenvalue weighted by Crippen LogP contribution is 2.46. The molecule has 3 atom stereocenters. The third-order valence-electron chi connectivity index (χ3n) is 5.71. The molecule has 7 nitrogen and oxygen atoms in total. The number of esters is 1. The number of hydrogen-bond acceptors (Lipinski definition) is 6. The molecule has 0 aliphatic carbocycles. The van der Waals surface area contributed by atoms with Crippen molar-refractivity contribution in [3.63, 3.8) is 0 Å². The van der Waals surface area contributed by atoms with E-state index in [9.17, 15) is 19.2 Å². The highest BCUT2D eigenvalue weighted by molar-refractivity contribution is 8.00.